The van der Waals surface area contributed by atoms with Gasteiger partial charge in [0.15, 0.2) is 5.78 Å². The lowest BCUT2D eigenvalue weighted by molar-refractivity contribution is -0.112. The second kappa shape index (κ2) is 2.04. The normalized spacial score (nSPS) is 20.3. The summed E-state index contributed by atoms with van der Waals surface area (Å²) in [6, 6.07) is 0. The Morgan fingerprint density at radius 3 is 2.86 bits per heavy atom. The molecule has 0 fully saturated rings. The Kier molecular flexibility index (Phi) is 1.38. The molecule has 0 bridgehead atoms. The van der Waals surface area contributed by atoms with Gasteiger partial charge in [0.2, 0.25) is 0 Å². The zero-order chi connectivity index (χ0) is 5.11. The molecule has 0 unspecified atom stereocenters. The van der Waals surface area contributed by atoms with Crippen LogP contribution in [0.2, 0.25) is 0 Å². The minimum Gasteiger partial charge on any atom is -0.294 e. The van der Waals surface area contributed by atoms with Gasteiger partial charge in [0.05, 0.1) is 6.16 Å². The van der Waals surface area contributed by atoms with E-state index in [1.54, 1.807) is 12.2 Å². The van der Waals surface area contributed by atoms with Crippen LogP contribution in [0, 0.1) is 0 Å². The van der Waals surface area contributed by atoms with Gasteiger partial charge in [0.25, 0.3) is 0 Å². The Labute approximate surface area is 43.8 Å². The molecule has 0 saturated heterocycles. The van der Waals surface area contributed by atoms with Crippen LogP contribution in [0.15, 0.2) is 12.2 Å². The molecule has 0 spiro atoms. The van der Waals surface area contributed by atoms with Crippen LogP contribution in [-0.4, -0.2) is 17.7 Å². The van der Waals surface area contributed by atoms with Crippen LogP contribution in [-0.2, 0) is 4.79 Å². The van der Waals surface area contributed by atoms with Gasteiger partial charge in [-0.05, 0) is 11.9 Å². The molecule has 0 amide bonds. The van der Waals surface area contributed by atoms with E-state index in [0.717, 1.165) is 8.20 Å². The van der Waals surface area contributed by atoms with Crippen molar-refractivity contribution in [3.63, 3.8) is 0 Å². The van der Waals surface area contributed by atoms with E-state index in [0.29, 0.717) is 6.16 Å². The van der Waals surface area contributed by atoms with E-state index < -0.39 is 0 Å². The SMILES string of the molecule is O=C1C=CC=PC1. The minimum absolute atomic E-state index is 0.240. The molecule has 7 heavy (non-hydrogen) atoms. The van der Waals surface area contributed by atoms with Crippen molar-refractivity contribution >= 4 is 19.8 Å². The Balaban J connectivity index is 2.66. The number of rotatable bonds is 0. The topological polar surface area (TPSA) is 17.1 Å². The van der Waals surface area contributed by atoms with E-state index in [9.17, 15) is 4.79 Å². The van der Waals surface area contributed by atoms with Crippen molar-refractivity contribution in [2.75, 3.05) is 6.16 Å². The third-order valence-corrected chi connectivity index (χ3v) is 1.60. The Morgan fingerprint density at radius 2 is 2.57 bits per heavy atom. The predicted octanol–water partition coefficient (Wildman–Crippen LogP) is 0.874. The molecular formula is C5H5OP. The van der Waals surface area contributed by atoms with Gasteiger partial charge in [-0.15, -0.1) is 0 Å². The summed E-state index contributed by atoms with van der Waals surface area (Å²) in [5.41, 5.74) is 0. The van der Waals surface area contributed by atoms with Crippen molar-refractivity contribution in [3.8, 4) is 0 Å². The number of ketones is 1. The molecule has 0 N–H and O–H groups in total. The quantitative estimate of drug-likeness (QED) is 0.425. The molecule has 0 radical (unpaired) electrons. The van der Waals surface area contributed by atoms with Crippen LogP contribution < -0.4 is 0 Å². The standard InChI is InChI=1S/C5H5OP/c6-5-2-1-3-7-4-5/h1-3H,4H2. The van der Waals surface area contributed by atoms with E-state index >= 15 is 0 Å². The number of carbonyl (C=O) groups is 1. The van der Waals surface area contributed by atoms with Crippen LogP contribution in [0.3, 0.4) is 0 Å². The first-order valence-electron chi connectivity index (χ1n) is 2.09. The van der Waals surface area contributed by atoms with Gasteiger partial charge in [-0.25, -0.2) is 0 Å². The lowest BCUT2D eigenvalue weighted by atomic mass is 10.4. The zero-order valence-corrected chi connectivity index (χ0v) is 4.69. The van der Waals surface area contributed by atoms with E-state index in [2.05, 4.69) is 0 Å². The maximum Gasteiger partial charge on any atom is 0.163 e. The lowest BCUT2D eigenvalue weighted by Gasteiger charge is -1.87. The molecule has 0 aromatic carbocycles. The number of hydrogen-bond donors (Lipinski definition) is 0. The Hall–Kier alpha value is -0.420. The van der Waals surface area contributed by atoms with E-state index in [1.165, 1.54) is 0 Å². The van der Waals surface area contributed by atoms with Crippen molar-refractivity contribution in [2.24, 2.45) is 0 Å². The van der Waals surface area contributed by atoms with Crippen LogP contribution in [0.4, 0.5) is 0 Å². The van der Waals surface area contributed by atoms with Crippen LogP contribution in [0.1, 0.15) is 0 Å². The summed E-state index contributed by atoms with van der Waals surface area (Å²) in [6.07, 6.45) is 4.08. The van der Waals surface area contributed by atoms with Gasteiger partial charge in [0, 0.05) is 0 Å². The van der Waals surface area contributed by atoms with Gasteiger partial charge in [-0.3, -0.25) is 4.79 Å². The van der Waals surface area contributed by atoms with Gasteiger partial charge < -0.3 is 0 Å². The number of allylic oxidation sites excluding steroid dienone is 2. The summed E-state index contributed by atoms with van der Waals surface area (Å²) in [4.78, 5) is 10.3. The lowest BCUT2D eigenvalue weighted by Crippen LogP contribution is -1.95. The second-order valence-electron chi connectivity index (χ2n) is 1.32. The van der Waals surface area contributed by atoms with Crippen molar-refractivity contribution < 1.29 is 4.79 Å². The molecule has 36 valence electrons. The van der Waals surface area contributed by atoms with E-state index in [-0.39, 0.29) is 5.78 Å². The fourth-order valence-corrected chi connectivity index (χ4v) is 1.01. The summed E-state index contributed by atoms with van der Waals surface area (Å²) in [7, 11) is 1.13. The third kappa shape index (κ3) is 1.24. The van der Waals surface area contributed by atoms with Crippen LogP contribution in [0.25, 0.3) is 0 Å². The molecule has 1 nitrogen and oxygen atoms in total. The van der Waals surface area contributed by atoms with Gasteiger partial charge >= 0.3 is 0 Å². The summed E-state index contributed by atoms with van der Waals surface area (Å²) in [5, 5.41) is 0. The van der Waals surface area contributed by atoms with E-state index in [1.807, 2.05) is 5.80 Å². The maximum atomic E-state index is 10.3. The maximum absolute atomic E-state index is 10.3. The highest BCUT2D eigenvalue weighted by Gasteiger charge is 1.92. The highest BCUT2D eigenvalue weighted by Crippen LogP contribution is 1.99. The number of carbonyl (C=O) groups excluding carboxylic acids is 1. The molecule has 0 aromatic rings. The smallest absolute Gasteiger partial charge is 0.163 e. The van der Waals surface area contributed by atoms with E-state index in [4.69, 9.17) is 0 Å². The Bertz CT molecular complexity index is 135. The average Bonchev–Trinajstić information content (AvgIpc) is 1.69. The highest BCUT2D eigenvalue weighted by molar-refractivity contribution is 7.40. The molecule has 0 atom stereocenters. The molecule has 2 heteroatoms. The minimum atomic E-state index is 0.240. The van der Waals surface area contributed by atoms with Crippen molar-refractivity contribution in [1.82, 2.24) is 0 Å². The van der Waals surface area contributed by atoms with Crippen molar-refractivity contribution in [1.29, 1.82) is 0 Å². The zero-order valence-electron chi connectivity index (χ0n) is 3.79. The van der Waals surface area contributed by atoms with Gasteiger partial charge in [-0.1, -0.05) is 14.3 Å². The fourth-order valence-electron chi connectivity index (χ4n) is 0.407. The summed E-state index contributed by atoms with van der Waals surface area (Å²) >= 11 is 0. The molecule has 0 saturated carbocycles. The fraction of sp³-hybridized carbons (Fsp3) is 0.200. The molecule has 1 heterocycles. The van der Waals surface area contributed by atoms with Crippen LogP contribution >= 0.6 is 8.20 Å². The second-order valence-corrected chi connectivity index (χ2v) is 2.29. The Morgan fingerprint density at radius 1 is 1.71 bits per heavy atom. The number of hydrogen-bond acceptors (Lipinski definition) is 1. The first kappa shape index (κ1) is 4.73. The summed E-state index contributed by atoms with van der Waals surface area (Å²) in [6.45, 7) is 0. The van der Waals surface area contributed by atoms with Crippen molar-refractivity contribution in [3.05, 3.63) is 12.2 Å². The largest absolute Gasteiger partial charge is 0.294 e. The first-order valence-corrected chi connectivity index (χ1v) is 3.24. The molecule has 0 aromatic heterocycles. The highest BCUT2D eigenvalue weighted by atomic mass is 31.1. The molecule has 1 aliphatic heterocycles. The van der Waals surface area contributed by atoms with Crippen LogP contribution in [0.5, 0.6) is 0 Å². The monoisotopic (exact) mass is 112 g/mol. The molecule has 0 aliphatic carbocycles. The predicted molar refractivity (Wildman–Crippen MR) is 32.0 cm³/mol. The first-order chi connectivity index (χ1) is 3.39. The molecular weight excluding hydrogens is 107 g/mol. The van der Waals surface area contributed by atoms with Gasteiger partial charge in [-0.2, -0.15) is 0 Å². The van der Waals surface area contributed by atoms with Crippen molar-refractivity contribution in [2.45, 2.75) is 0 Å². The average molecular weight is 112 g/mol. The summed E-state index contributed by atoms with van der Waals surface area (Å²) in [5.74, 6) is 2.21. The third-order valence-electron chi connectivity index (χ3n) is 0.721. The summed E-state index contributed by atoms with van der Waals surface area (Å²) < 4.78 is 0. The molecule has 1 rings (SSSR count). The molecule has 1 aliphatic rings. The van der Waals surface area contributed by atoms with Gasteiger partial charge in [0.1, 0.15) is 0 Å².